The van der Waals surface area contributed by atoms with Crippen LogP contribution in [-0.4, -0.2) is 36.5 Å². The second-order valence-corrected chi connectivity index (χ2v) is 6.86. The fourth-order valence-corrected chi connectivity index (χ4v) is 3.22. The molecule has 0 unspecified atom stereocenters. The molecule has 1 aliphatic heterocycles. The normalized spacial score (nSPS) is 14.9. The first-order chi connectivity index (χ1) is 13.9. The monoisotopic (exact) mass is 434 g/mol. The molecule has 2 aromatic carbocycles. The number of rotatable bonds is 6. The number of carbonyl (C=O) groups excluding carboxylic acids is 3. The molecule has 0 atom stereocenters. The molecule has 0 aliphatic carbocycles. The van der Waals surface area contributed by atoms with Crippen LogP contribution in [0.5, 0.6) is 5.75 Å². The van der Waals surface area contributed by atoms with Crippen LogP contribution >= 0.6 is 23.2 Å². The average Bonchev–Trinajstić information content (AvgIpc) is 2.95. The van der Waals surface area contributed by atoms with Crippen LogP contribution in [0.15, 0.2) is 48.2 Å². The Labute approximate surface area is 176 Å². The molecule has 9 heteroatoms. The van der Waals surface area contributed by atoms with Gasteiger partial charge in [-0.15, -0.1) is 0 Å². The van der Waals surface area contributed by atoms with E-state index in [1.54, 1.807) is 12.1 Å². The van der Waals surface area contributed by atoms with Gasteiger partial charge in [-0.2, -0.15) is 0 Å². The van der Waals surface area contributed by atoms with Crippen molar-refractivity contribution in [2.24, 2.45) is 0 Å². The maximum Gasteiger partial charge on any atom is 0.329 e. The van der Waals surface area contributed by atoms with E-state index in [9.17, 15) is 14.4 Å². The molecule has 150 valence electrons. The number of hydrogen-bond acceptors (Lipinski definition) is 5. The fourth-order valence-electron chi connectivity index (χ4n) is 2.61. The third-order valence-corrected chi connectivity index (χ3v) is 4.60. The highest BCUT2D eigenvalue weighted by atomic mass is 35.5. The van der Waals surface area contributed by atoms with E-state index in [0.717, 1.165) is 10.5 Å². The molecule has 1 N–H and O–H groups in total. The van der Waals surface area contributed by atoms with Crippen molar-refractivity contribution in [2.45, 2.75) is 6.61 Å². The number of nitrogens with zero attached hydrogens (tertiary/aromatic N) is 1. The van der Waals surface area contributed by atoms with Gasteiger partial charge in [-0.05, 0) is 29.3 Å². The fraction of sp³-hybridized carbons (Fsp3) is 0.150. The minimum Gasteiger partial charge on any atom is -0.486 e. The highest BCUT2D eigenvalue weighted by molar-refractivity contribution is 6.37. The summed E-state index contributed by atoms with van der Waals surface area (Å²) in [5.74, 6) is -1.05. The Morgan fingerprint density at radius 2 is 1.79 bits per heavy atom. The number of benzene rings is 2. The Hall–Kier alpha value is -3.03. The van der Waals surface area contributed by atoms with Crippen molar-refractivity contribution in [1.82, 2.24) is 10.2 Å². The van der Waals surface area contributed by atoms with Gasteiger partial charge in [0.1, 0.15) is 18.8 Å². The van der Waals surface area contributed by atoms with Gasteiger partial charge in [0.15, 0.2) is 5.75 Å². The van der Waals surface area contributed by atoms with Crippen LogP contribution in [0.2, 0.25) is 10.0 Å². The number of amides is 3. The minimum atomic E-state index is -0.716. The zero-order chi connectivity index (χ0) is 21.0. The second-order valence-electron chi connectivity index (χ2n) is 6.04. The Morgan fingerprint density at radius 1 is 1.14 bits per heavy atom. The van der Waals surface area contributed by atoms with Crippen molar-refractivity contribution in [2.75, 3.05) is 13.7 Å². The highest BCUT2D eigenvalue weighted by Crippen LogP contribution is 2.35. The van der Waals surface area contributed by atoms with Gasteiger partial charge in [0.05, 0.1) is 17.2 Å². The lowest BCUT2D eigenvalue weighted by molar-refractivity contribution is -0.143. The average molecular weight is 435 g/mol. The van der Waals surface area contributed by atoms with Crippen molar-refractivity contribution in [1.29, 1.82) is 0 Å². The number of ether oxygens (including phenoxy) is 2. The molecular weight excluding hydrogens is 419 g/mol. The first-order valence-corrected chi connectivity index (χ1v) is 9.21. The predicted octanol–water partition coefficient (Wildman–Crippen LogP) is 3.64. The standard InChI is InChI=1S/C20H16Cl2N2O5/c1-28-17(25)10-24-19(26)16(23-20(24)27)9-13-7-14(21)18(15(22)8-13)29-11-12-5-3-2-4-6-12/h2-9H,10-11H2,1H3,(H,23,27)/b16-9+. The van der Waals surface area contributed by atoms with Crippen molar-refractivity contribution >= 4 is 47.2 Å². The molecule has 3 amide bonds. The van der Waals surface area contributed by atoms with Gasteiger partial charge in [-0.3, -0.25) is 9.59 Å². The topological polar surface area (TPSA) is 84.9 Å². The van der Waals surface area contributed by atoms with Crippen LogP contribution in [0.25, 0.3) is 6.08 Å². The summed E-state index contributed by atoms with van der Waals surface area (Å²) >= 11 is 12.6. The van der Waals surface area contributed by atoms with E-state index >= 15 is 0 Å². The van der Waals surface area contributed by atoms with Crippen LogP contribution in [-0.2, 0) is 20.9 Å². The van der Waals surface area contributed by atoms with Crippen molar-refractivity contribution in [3.8, 4) is 5.75 Å². The Balaban J connectivity index is 1.77. The van der Waals surface area contributed by atoms with Crippen molar-refractivity contribution in [3.63, 3.8) is 0 Å². The van der Waals surface area contributed by atoms with Gasteiger partial charge >= 0.3 is 12.0 Å². The quantitative estimate of drug-likeness (QED) is 0.426. The second kappa shape index (κ2) is 8.98. The third-order valence-electron chi connectivity index (χ3n) is 4.03. The number of imide groups is 1. The van der Waals surface area contributed by atoms with Crippen LogP contribution in [0.3, 0.4) is 0 Å². The van der Waals surface area contributed by atoms with Crippen LogP contribution in [0, 0.1) is 0 Å². The lowest BCUT2D eigenvalue weighted by atomic mass is 10.1. The smallest absolute Gasteiger partial charge is 0.329 e. The van der Waals surface area contributed by atoms with E-state index in [1.165, 1.54) is 13.2 Å². The number of urea groups is 1. The van der Waals surface area contributed by atoms with E-state index in [-0.39, 0.29) is 22.3 Å². The maximum absolute atomic E-state index is 12.3. The van der Waals surface area contributed by atoms with Gasteiger partial charge in [0.25, 0.3) is 5.91 Å². The Bertz CT molecular complexity index is 969. The molecule has 0 saturated carbocycles. The molecular formula is C20H16Cl2N2O5. The van der Waals surface area contributed by atoms with Crippen molar-refractivity contribution in [3.05, 3.63) is 69.3 Å². The first-order valence-electron chi connectivity index (χ1n) is 8.46. The van der Waals surface area contributed by atoms with Gasteiger partial charge < -0.3 is 14.8 Å². The predicted molar refractivity (Wildman–Crippen MR) is 107 cm³/mol. The van der Waals surface area contributed by atoms with Gasteiger partial charge in [-0.25, -0.2) is 9.69 Å². The summed E-state index contributed by atoms with van der Waals surface area (Å²) in [4.78, 5) is 36.4. The number of esters is 1. The molecule has 3 rings (SSSR count). The number of halogens is 2. The van der Waals surface area contributed by atoms with Crippen LogP contribution in [0.1, 0.15) is 11.1 Å². The molecule has 1 fully saturated rings. The lowest BCUT2D eigenvalue weighted by Crippen LogP contribution is -2.36. The molecule has 0 radical (unpaired) electrons. The lowest BCUT2D eigenvalue weighted by Gasteiger charge is -2.11. The van der Waals surface area contributed by atoms with Gasteiger partial charge in [0.2, 0.25) is 0 Å². The zero-order valence-electron chi connectivity index (χ0n) is 15.3. The molecule has 0 aromatic heterocycles. The van der Waals surface area contributed by atoms with Crippen LogP contribution in [0.4, 0.5) is 4.79 Å². The molecule has 1 saturated heterocycles. The molecule has 0 spiro atoms. The zero-order valence-corrected chi connectivity index (χ0v) is 16.8. The summed E-state index contributed by atoms with van der Waals surface area (Å²) in [5, 5.41) is 2.91. The minimum absolute atomic E-state index is 0.0102. The number of nitrogens with one attached hydrogen (secondary N) is 1. The third kappa shape index (κ3) is 4.88. The summed E-state index contributed by atoms with van der Waals surface area (Å²) in [6, 6.07) is 11.9. The number of methoxy groups -OCH3 is 1. The van der Waals surface area contributed by atoms with Gasteiger partial charge in [0, 0.05) is 0 Å². The summed E-state index contributed by atoms with van der Waals surface area (Å²) in [6.07, 6.45) is 1.41. The summed E-state index contributed by atoms with van der Waals surface area (Å²) < 4.78 is 10.2. The molecule has 0 bridgehead atoms. The first kappa shape index (κ1) is 20.7. The van der Waals surface area contributed by atoms with E-state index in [2.05, 4.69) is 10.1 Å². The molecule has 1 heterocycles. The number of hydrogen-bond donors (Lipinski definition) is 1. The van der Waals surface area contributed by atoms with Gasteiger partial charge in [-0.1, -0.05) is 53.5 Å². The molecule has 2 aromatic rings. The highest BCUT2D eigenvalue weighted by Gasteiger charge is 2.35. The SMILES string of the molecule is COC(=O)CN1C(=O)N/C(=C/c2cc(Cl)c(OCc3ccccc3)c(Cl)c2)C1=O. The van der Waals surface area contributed by atoms with E-state index in [0.29, 0.717) is 11.3 Å². The van der Waals surface area contributed by atoms with E-state index < -0.39 is 24.5 Å². The Morgan fingerprint density at radius 3 is 2.41 bits per heavy atom. The number of carbonyl (C=O) groups is 3. The van der Waals surface area contributed by atoms with Crippen LogP contribution < -0.4 is 10.1 Å². The molecule has 29 heavy (non-hydrogen) atoms. The maximum atomic E-state index is 12.3. The summed E-state index contributed by atoms with van der Waals surface area (Å²) in [7, 11) is 1.17. The summed E-state index contributed by atoms with van der Waals surface area (Å²) in [6.45, 7) is -0.190. The summed E-state index contributed by atoms with van der Waals surface area (Å²) in [5.41, 5.74) is 1.43. The molecule has 1 aliphatic rings. The van der Waals surface area contributed by atoms with E-state index in [1.807, 2.05) is 30.3 Å². The van der Waals surface area contributed by atoms with Crippen molar-refractivity contribution < 1.29 is 23.9 Å². The largest absolute Gasteiger partial charge is 0.486 e. The van der Waals surface area contributed by atoms with E-state index in [4.69, 9.17) is 27.9 Å². The Kier molecular flexibility index (Phi) is 6.41. The molecule has 7 nitrogen and oxygen atoms in total.